The molecule has 0 bridgehead atoms. The van der Waals surface area contributed by atoms with E-state index in [0.29, 0.717) is 0 Å². The topological polar surface area (TPSA) is 59.4 Å². The van der Waals surface area contributed by atoms with Gasteiger partial charge in [0.05, 0.1) is 19.3 Å². The van der Waals surface area contributed by atoms with Crippen molar-refractivity contribution in [1.82, 2.24) is 19.8 Å². The van der Waals surface area contributed by atoms with Crippen LogP contribution in [0.25, 0.3) is 0 Å². The van der Waals surface area contributed by atoms with E-state index >= 15 is 0 Å². The van der Waals surface area contributed by atoms with Gasteiger partial charge in [-0.3, -0.25) is 9.69 Å². The van der Waals surface area contributed by atoms with Gasteiger partial charge in [-0.2, -0.15) is 0 Å². The second-order valence-corrected chi connectivity index (χ2v) is 7.10. The fraction of sp³-hybridized carbons (Fsp3) is 0.778. The van der Waals surface area contributed by atoms with Gasteiger partial charge in [0.15, 0.2) is 0 Å². The predicted octanol–water partition coefficient (Wildman–Crippen LogP) is 1.71. The lowest BCUT2D eigenvalue weighted by Crippen LogP contribution is -2.44. The van der Waals surface area contributed by atoms with Gasteiger partial charge in [0.2, 0.25) is 5.91 Å². The van der Waals surface area contributed by atoms with Gasteiger partial charge >= 0.3 is 0 Å². The molecule has 134 valence electrons. The van der Waals surface area contributed by atoms with E-state index in [4.69, 9.17) is 4.74 Å². The number of carbonyl (C=O) groups is 1. The van der Waals surface area contributed by atoms with Crippen LogP contribution in [0.2, 0.25) is 0 Å². The number of hydrogen-bond donors (Lipinski definition) is 1. The molecule has 1 aromatic heterocycles. The zero-order valence-corrected chi connectivity index (χ0v) is 14.7. The second kappa shape index (κ2) is 8.62. The fourth-order valence-electron chi connectivity index (χ4n) is 3.71. The van der Waals surface area contributed by atoms with Crippen LogP contribution in [0.5, 0.6) is 0 Å². The Morgan fingerprint density at radius 2 is 2.21 bits per heavy atom. The van der Waals surface area contributed by atoms with Crippen LogP contribution in [0.1, 0.15) is 44.3 Å². The van der Waals surface area contributed by atoms with E-state index < -0.39 is 0 Å². The van der Waals surface area contributed by atoms with Gasteiger partial charge in [0, 0.05) is 45.0 Å². The number of hydrogen-bond acceptors (Lipinski definition) is 4. The molecule has 2 aliphatic rings. The summed E-state index contributed by atoms with van der Waals surface area (Å²) in [6.45, 7) is 4.18. The second-order valence-electron chi connectivity index (χ2n) is 7.10. The number of amides is 1. The first-order valence-corrected chi connectivity index (χ1v) is 9.30. The van der Waals surface area contributed by atoms with E-state index in [9.17, 15) is 4.79 Å². The van der Waals surface area contributed by atoms with Crippen molar-refractivity contribution in [3.05, 3.63) is 18.2 Å². The van der Waals surface area contributed by atoms with Gasteiger partial charge in [-0.15, -0.1) is 0 Å². The van der Waals surface area contributed by atoms with Gasteiger partial charge < -0.3 is 14.6 Å². The van der Waals surface area contributed by atoms with Gasteiger partial charge in [-0.25, -0.2) is 4.98 Å². The lowest BCUT2D eigenvalue weighted by Gasteiger charge is -2.32. The minimum Gasteiger partial charge on any atom is -0.375 e. The molecule has 1 saturated carbocycles. The van der Waals surface area contributed by atoms with Crippen molar-refractivity contribution in [3.63, 3.8) is 0 Å². The molecule has 1 aliphatic carbocycles. The van der Waals surface area contributed by atoms with Crippen molar-refractivity contribution >= 4 is 5.91 Å². The van der Waals surface area contributed by atoms with Crippen LogP contribution in [0.3, 0.4) is 0 Å². The highest BCUT2D eigenvalue weighted by Crippen LogP contribution is 2.23. The Labute approximate surface area is 144 Å². The number of morpholine rings is 1. The van der Waals surface area contributed by atoms with Crippen LogP contribution >= 0.6 is 0 Å². The van der Waals surface area contributed by atoms with E-state index in [1.165, 1.54) is 19.3 Å². The fourth-order valence-corrected chi connectivity index (χ4v) is 3.71. The summed E-state index contributed by atoms with van der Waals surface area (Å²) in [5.41, 5.74) is 0. The Bertz CT molecular complexity index is 525. The Hall–Kier alpha value is -1.40. The first-order chi connectivity index (χ1) is 11.7. The maximum Gasteiger partial charge on any atom is 0.223 e. The lowest BCUT2D eigenvalue weighted by atomic mass is 9.88. The van der Waals surface area contributed by atoms with Crippen LogP contribution in [-0.2, 0) is 23.1 Å². The van der Waals surface area contributed by atoms with E-state index in [1.54, 1.807) is 0 Å². The standard InChI is InChI=1S/C18H30N4O2/c1-21-10-9-19-17(21)14-22-11-12-24-16(13-22)7-8-20-18(23)15-5-3-2-4-6-15/h9-10,15-16H,2-8,11-14H2,1H3,(H,20,23)/t16-/m1/s1. The summed E-state index contributed by atoms with van der Waals surface area (Å²) in [4.78, 5) is 19.0. The van der Waals surface area contributed by atoms with Crippen molar-refractivity contribution in [2.75, 3.05) is 26.2 Å². The molecule has 1 amide bonds. The normalized spacial score (nSPS) is 23.3. The molecule has 0 radical (unpaired) electrons. The molecular formula is C18H30N4O2. The van der Waals surface area contributed by atoms with Crippen LogP contribution in [0.4, 0.5) is 0 Å². The maximum atomic E-state index is 12.2. The number of carbonyl (C=O) groups excluding carboxylic acids is 1. The average Bonchev–Trinajstić information content (AvgIpc) is 3.01. The van der Waals surface area contributed by atoms with Gasteiger partial charge in [-0.1, -0.05) is 19.3 Å². The molecule has 1 atom stereocenters. The summed E-state index contributed by atoms with van der Waals surface area (Å²) in [6.07, 6.45) is 10.7. The SMILES string of the molecule is Cn1ccnc1CN1CCO[C@H](CCNC(=O)C2CCCCC2)C1. The number of nitrogens with zero attached hydrogens (tertiary/aromatic N) is 3. The summed E-state index contributed by atoms with van der Waals surface area (Å²) < 4.78 is 7.93. The zero-order valence-electron chi connectivity index (χ0n) is 14.7. The van der Waals surface area contributed by atoms with Crippen molar-refractivity contribution in [2.45, 2.75) is 51.2 Å². The lowest BCUT2D eigenvalue weighted by molar-refractivity contribution is -0.126. The number of nitrogens with one attached hydrogen (secondary N) is 1. The minimum absolute atomic E-state index is 0.200. The number of rotatable bonds is 6. The van der Waals surface area contributed by atoms with E-state index in [0.717, 1.165) is 57.9 Å². The summed E-state index contributed by atoms with van der Waals surface area (Å²) in [6, 6.07) is 0. The molecule has 1 aliphatic heterocycles. The highest BCUT2D eigenvalue weighted by Gasteiger charge is 2.23. The highest BCUT2D eigenvalue weighted by molar-refractivity contribution is 5.78. The predicted molar refractivity (Wildman–Crippen MR) is 92.4 cm³/mol. The summed E-state index contributed by atoms with van der Waals surface area (Å²) in [5, 5.41) is 3.12. The van der Waals surface area contributed by atoms with Crippen molar-refractivity contribution in [2.24, 2.45) is 13.0 Å². The summed E-state index contributed by atoms with van der Waals surface area (Å²) in [7, 11) is 2.03. The van der Waals surface area contributed by atoms with Crippen LogP contribution in [0.15, 0.2) is 12.4 Å². The molecule has 0 unspecified atom stereocenters. The van der Waals surface area contributed by atoms with Crippen molar-refractivity contribution < 1.29 is 9.53 Å². The highest BCUT2D eigenvalue weighted by atomic mass is 16.5. The monoisotopic (exact) mass is 334 g/mol. The van der Waals surface area contributed by atoms with E-state index in [-0.39, 0.29) is 17.9 Å². The molecule has 1 N–H and O–H groups in total. The molecule has 3 rings (SSSR count). The molecular weight excluding hydrogens is 304 g/mol. The van der Waals surface area contributed by atoms with Crippen LogP contribution in [-0.4, -0.2) is 52.7 Å². The Morgan fingerprint density at radius 3 is 2.96 bits per heavy atom. The molecule has 1 saturated heterocycles. The molecule has 24 heavy (non-hydrogen) atoms. The third kappa shape index (κ3) is 4.80. The quantitative estimate of drug-likeness (QED) is 0.860. The molecule has 1 aromatic rings. The molecule has 2 heterocycles. The molecule has 6 heteroatoms. The average molecular weight is 334 g/mol. The maximum absolute atomic E-state index is 12.2. The first-order valence-electron chi connectivity index (χ1n) is 9.30. The molecule has 0 aromatic carbocycles. The smallest absolute Gasteiger partial charge is 0.223 e. The summed E-state index contributed by atoms with van der Waals surface area (Å²) in [5.74, 6) is 1.57. The van der Waals surface area contributed by atoms with E-state index in [2.05, 4.69) is 19.8 Å². The van der Waals surface area contributed by atoms with Crippen LogP contribution < -0.4 is 5.32 Å². The zero-order chi connectivity index (χ0) is 16.8. The molecule has 0 spiro atoms. The third-order valence-corrected chi connectivity index (χ3v) is 5.25. The largest absolute Gasteiger partial charge is 0.375 e. The third-order valence-electron chi connectivity index (χ3n) is 5.25. The van der Waals surface area contributed by atoms with Gasteiger partial charge in [0.25, 0.3) is 0 Å². The summed E-state index contributed by atoms with van der Waals surface area (Å²) >= 11 is 0. The number of aryl methyl sites for hydroxylation is 1. The Balaban J connectivity index is 1.37. The van der Waals surface area contributed by atoms with Crippen LogP contribution in [0, 0.1) is 5.92 Å². The molecule has 2 fully saturated rings. The van der Waals surface area contributed by atoms with Crippen molar-refractivity contribution in [3.8, 4) is 0 Å². The number of aromatic nitrogens is 2. The Kier molecular flexibility index (Phi) is 6.26. The van der Waals surface area contributed by atoms with Gasteiger partial charge in [-0.05, 0) is 19.3 Å². The number of imidazole rings is 1. The Morgan fingerprint density at radius 1 is 1.38 bits per heavy atom. The minimum atomic E-state index is 0.200. The van der Waals surface area contributed by atoms with Crippen molar-refractivity contribution in [1.29, 1.82) is 0 Å². The van der Waals surface area contributed by atoms with E-state index in [1.807, 2.05) is 19.4 Å². The molecule has 6 nitrogen and oxygen atoms in total. The van der Waals surface area contributed by atoms with Gasteiger partial charge in [0.1, 0.15) is 5.82 Å². The first kappa shape index (κ1) is 17.4. The number of ether oxygens (including phenoxy) is 1.